The quantitative estimate of drug-likeness (QED) is 0.448. The Labute approximate surface area is 70.1 Å². The average Bonchev–Trinajstić information content (AvgIpc) is 2.01. The van der Waals surface area contributed by atoms with Crippen molar-refractivity contribution in [2.24, 2.45) is 0 Å². The SMILES string of the molecule is COC(=O)C(CC=O)NC(C)=O. The summed E-state index contributed by atoms with van der Waals surface area (Å²) in [7, 11) is 1.20. The molecule has 0 aromatic carbocycles. The van der Waals surface area contributed by atoms with Crippen LogP contribution in [0.3, 0.4) is 0 Å². The first-order valence-corrected chi connectivity index (χ1v) is 3.40. The highest BCUT2D eigenvalue weighted by Crippen LogP contribution is 1.91. The standard InChI is InChI=1S/C7H11NO4/c1-5(10)8-6(3-4-9)7(11)12-2/h4,6H,3H2,1-2H3,(H,8,10). The number of aldehydes is 1. The second-order valence-corrected chi connectivity index (χ2v) is 2.18. The van der Waals surface area contributed by atoms with Gasteiger partial charge in [-0.25, -0.2) is 4.79 Å². The van der Waals surface area contributed by atoms with Crippen LogP contribution in [0, 0.1) is 0 Å². The molecule has 0 heterocycles. The highest BCUT2D eigenvalue weighted by atomic mass is 16.5. The first kappa shape index (κ1) is 10.6. The zero-order chi connectivity index (χ0) is 9.56. The van der Waals surface area contributed by atoms with E-state index in [4.69, 9.17) is 0 Å². The first-order valence-electron chi connectivity index (χ1n) is 3.40. The lowest BCUT2D eigenvalue weighted by Crippen LogP contribution is -2.40. The van der Waals surface area contributed by atoms with E-state index in [1.165, 1.54) is 14.0 Å². The minimum Gasteiger partial charge on any atom is -0.467 e. The van der Waals surface area contributed by atoms with Gasteiger partial charge in [0.1, 0.15) is 12.3 Å². The Kier molecular flexibility index (Phi) is 4.67. The Morgan fingerprint density at radius 3 is 2.50 bits per heavy atom. The number of rotatable bonds is 4. The number of nitrogens with one attached hydrogen (secondary N) is 1. The van der Waals surface area contributed by atoms with Gasteiger partial charge in [0.05, 0.1) is 7.11 Å². The summed E-state index contributed by atoms with van der Waals surface area (Å²) in [5.74, 6) is -0.982. The third kappa shape index (κ3) is 3.70. The molecule has 0 fully saturated rings. The van der Waals surface area contributed by atoms with Crippen LogP contribution in [0.2, 0.25) is 0 Å². The van der Waals surface area contributed by atoms with E-state index in [0.29, 0.717) is 6.29 Å². The van der Waals surface area contributed by atoms with Gasteiger partial charge in [0.15, 0.2) is 0 Å². The summed E-state index contributed by atoms with van der Waals surface area (Å²) in [5, 5.41) is 2.29. The number of ether oxygens (including phenoxy) is 1. The lowest BCUT2D eigenvalue weighted by Gasteiger charge is -2.11. The number of carbonyl (C=O) groups is 3. The number of carbonyl (C=O) groups excluding carboxylic acids is 3. The molecular formula is C7H11NO4. The van der Waals surface area contributed by atoms with Crippen molar-refractivity contribution in [1.29, 1.82) is 0 Å². The zero-order valence-electron chi connectivity index (χ0n) is 6.99. The molecule has 12 heavy (non-hydrogen) atoms. The van der Waals surface area contributed by atoms with Crippen LogP contribution in [0.15, 0.2) is 0 Å². The average molecular weight is 173 g/mol. The normalized spacial score (nSPS) is 11.5. The van der Waals surface area contributed by atoms with Crippen LogP contribution in [0.1, 0.15) is 13.3 Å². The topological polar surface area (TPSA) is 72.5 Å². The van der Waals surface area contributed by atoms with Crippen LogP contribution in [-0.2, 0) is 19.1 Å². The fraction of sp³-hybridized carbons (Fsp3) is 0.571. The molecule has 0 bridgehead atoms. The van der Waals surface area contributed by atoms with Gasteiger partial charge >= 0.3 is 5.97 Å². The second kappa shape index (κ2) is 5.29. The molecule has 0 aliphatic heterocycles. The molecule has 1 N–H and O–H groups in total. The molecular weight excluding hydrogens is 162 g/mol. The fourth-order valence-electron chi connectivity index (χ4n) is 0.698. The van der Waals surface area contributed by atoms with Gasteiger partial charge < -0.3 is 14.8 Å². The highest BCUT2D eigenvalue weighted by Gasteiger charge is 2.18. The number of hydrogen-bond donors (Lipinski definition) is 1. The maximum atomic E-state index is 10.8. The van der Waals surface area contributed by atoms with E-state index in [1.807, 2.05) is 0 Å². The fourth-order valence-corrected chi connectivity index (χ4v) is 0.698. The molecule has 5 heteroatoms. The minimum atomic E-state index is -0.856. The number of hydrogen-bond acceptors (Lipinski definition) is 4. The highest BCUT2D eigenvalue weighted by molar-refractivity contribution is 5.85. The Hall–Kier alpha value is -1.39. The lowest BCUT2D eigenvalue weighted by atomic mass is 10.2. The monoisotopic (exact) mass is 173 g/mol. The van der Waals surface area contributed by atoms with Crippen molar-refractivity contribution in [1.82, 2.24) is 5.32 Å². The molecule has 0 spiro atoms. The van der Waals surface area contributed by atoms with Gasteiger partial charge in [0.25, 0.3) is 0 Å². The molecule has 1 amide bonds. The molecule has 5 nitrogen and oxygen atoms in total. The van der Waals surface area contributed by atoms with E-state index in [9.17, 15) is 14.4 Å². The maximum absolute atomic E-state index is 10.8. The van der Waals surface area contributed by atoms with Crippen molar-refractivity contribution >= 4 is 18.2 Å². The Balaban J connectivity index is 4.11. The van der Waals surface area contributed by atoms with Gasteiger partial charge in [0.2, 0.25) is 5.91 Å². The summed E-state index contributed by atoms with van der Waals surface area (Å²) in [6, 6.07) is -0.856. The molecule has 0 aliphatic carbocycles. The van der Waals surface area contributed by atoms with Crippen LogP contribution < -0.4 is 5.32 Å². The van der Waals surface area contributed by atoms with Crippen molar-refractivity contribution in [3.63, 3.8) is 0 Å². The molecule has 1 unspecified atom stereocenters. The molecule has 0 radical (unpaired) electrons. The Morgan fingerprint density at radius 2 is 2.17 bits per heavy atom. The van der Waals surface area contributed by atoms with Crippen molar-refractivity contribution in [3.8, 4) is 0 Å². The predicted octanol–water partition coefficient (Wildman–Crippen LogP) is -0.747. The van der Waals surface area contributed by atoms with Crippen LogP contribution >= 0.6 is 0 Å². The lowest BCUT2D eigenvalue weighted by molar-refractivity contribution is -0.145. The third-order valence-corrected chi connectivity index (χ3v) is 1.20. The molecule has 0 aromatic rings. The van der Waals surface area contributed by atoms with Gasteiger partial charge in [-0.15, -0.1) is 0 Å². The van der Waals surface area contributed by atoms with Crippen LogP contribution in [-0.4, -0.2) is 31.3 Å². The van der Waals surface area contributed by atoms with Crippen molar-refractivity contribution in [2.75, 3.05) is 7.11 Å². The van der Waals surface area contributed by atoms with E-state index in [1.54, 1.807) is 0 Å². The molecule has 68 valence electrons. The maximum Gasteiger partial charge on any atom is 0.328 e. The Morgan fingerprint density at radius 1 is 1.58 bits per heavy atom. The van der Waals surface area contributed by atoms with Gasteiger partial charge in [0, 0.05) is 13.3 Å². The van der Waals surface area contributed by atoms with Crippen molar-refractivity contribution < 1.29 is 19.1 Å². The number of esters is 1. The van der Waals surface area contributed by atoms with E-state index in [-0.39, 0.29) is 12.3 Å². The predicted molar refractivity (Wildman–Crippen MR) is 40.3 cm³/mol. The van der Waals surface area contributed by atoms with Crippen LogP contribution in [0.5, 0.6) is 0 Å². The van der Waals surface area contributed by atoms with Gasteiger partial charge in [-0.05, 0) is 0 Å². The van der Waals surface area contributed by atoms with E-state index >= 15 is 0 Å². The molecule has 0 saturated heterocycles. The molecule has 0 saturated carbocycles. The summed E-state index contributed by atoms with van der Waals surface area (Å²) in [5.41, 5.74) is 0. The van der Waals surface area contributed by atoms with Gasteiger partial charge in [-0.2, -0.15) is 0 Å². The smallest absolute Gasteiger partial charge is 0.328 e. The molecule has 0 aliphatic rings. The van der Waals surface area contributed by atoms with Crippen LogP contribution in [0.4, 0.5) is 0 Å². The van der Waals surface area contributed by atoms with Crippen LogP contribution in [0.25, 0.3) is 0 Å². The van der Waals surface area contributed by atoms with Crippen molar-refractivity contribution in [3.05, 3.63) is 0 Å². The Bertz CT molecular complexity index is 190. The first-order chi connectivity index (χ1) is 5.61. The largest absolute Gasteiger partial charge is 0.467 e. The summed E-state index contributed by atoms with van der Waals surface area (Å²) in [6.45, 7) is 1.26. The summed E-state index contributed by atoms with van der Waals surface area (Å²) in [4.78, 5) is 31.4. The second-order valence-electron chi connectivity index (χ2n) is 2.18. The van der Waals surface area contributed by atoms with Gasteiger partial charge in [-0.3, -0.25) is 4.79 Å². The summed E-state index contributed by atoms with van der Waals surface area (Å²) in [6.07, 6.45) is 0.490. The number of methoxy groups -OCH3 is 1. The van der Waals surface area contributed by atoms with E-state index in [0.717, 1.165) is 0 Å². The zero-order valence-corrected chi connectivity index (χ0v) is 6.99. The van der Waals surface area contributed by atoms with E-state index < -0.39 is 12.0 Å². The summed E-state index contributed by atoms with van der Waals surface area (Å²) >= 11 is 0. The molecule has 1 atom stereocenters. The van der Waals surface area contributed by atoms with Gasteiger partial charge in [-0.1, -0.05) is 0 Å². The van der Waals surface area contributed by atoms with E-state index in [2.05, 4.69) is 10.1 Å². The van der Waals surface area contributed by atoms with Crippen molar-refractivity contribution in [2.45, 2.75) is 19.4 Å². The summed E-state index contributed by atoms with van der Waals surface area (Å²) < 4.78 is 4.35. The number of amides is 1. The molecule has 0 rings (SSSR count). The third-order valence-electron chi connectivity index (χ3n) is 1.20. The minimum absolute atomic E-state index is 0.0632. The molecule has 0 aromatic heterocycles.